The Morgan fingerprint density at radius 3 is 2.62 bits per heavy atom. The Morgan fingerprint density at radius 2 is 2.05 bits per heavy atom. The first-order valence-electron chi connectivity index (χ1n) is 7.76. The van der Waals surface area contributed by atoms with Gasteiger partial charge in [-0.15, -0.1) is 0 Å². The van der Waals surface area contributed by atoms with E-state index >= 15 is 0 Å². The molecule has 0 unspecified atom stereocenters. The SMILES string of the molecule is COc1ccc(C2(N=C=O)CCC2)cc1CN1CCCC1. The molecule has 4 nitrogen and oxygen atoms in total. The number of rotatable bonds is 5. The average molecular weight is 286 g/mol. The van der Waals surface area contributed by atoms with Gasteiger partial charge in [0.15, 0.2) is 0 Å². The van der Waals surface area contributed by atoms with Gasteiger partial charge in [-0.3, -0.25) is 4.90 Å². The topological polar surface area (TPSA) is 41.9 Å². The van der Waals surface area contributed by atoms with Gasteiger partial charge in [-0.05, 0) is 62.9 Å². The first-order chi connectivity index (χ1) is 10.3. The number of aliphatic imine (C=N–C) groups is 1. The fourth-order valence-electron chi connectivity index (χ4n) is 3.44. The van der Waals surface area contributed by atoms with Crippen LogP contribution in [-0.4, -0.2) is 31.2 Å². The molecule has 0 spiro atoms. The van der Waals surface area contributed by atoms with Gasteiger partial charge in [-0.2, -0.15) is 4.99 Å². The second-order valence-electron chi connectivity index (χ2n) is 6.10. The van der Waals surface area contributed by atoms with Gasteiger partial charge in [0.1, 0.15) is 5.75 Å². The summed E-state index contributed by atoms with van der Waals surface area (Å²) in [6.07, 6.45) is 7.33. The van der Waals surface area contributed by atoms with E-state index < -0.39 is 0 Å². The minimum atomic E-state index is -0.326. The van der Waals surface area contributed by atoms with Gasteiger partial charge in [0.25, 0.3) is 0 Å². The van der Waals surface area contributed by atoms with Crippen LogP contribution in [0.5, 0.6) is 5.75 Å². The third kappa shape index (κ3) is 2.74. The zero-order chi connectivity index (χ0) is 14.7. The van der Waals surface area contributed by atoms with Crippen molar-refractivity contribution in [3.63, 3.8) is 0 Å². The van der Waals surface area contributed by atoms with Crippen molar-refractivity contribution >= 4 is 6.08 Å². The third-order valence-electron chi connectivity index (χ3n) is 4.85. The highest BCUT2D eigenvalue weighted by molar-refractivity contribution is 5.44. The zero-order valence-electron chi connectivity index (χ0n) is 12.6. The summed E-state index contributed by atoms with van der Waals surface area (Å²) in [5.74, 6) is 0.926. The number of carbonyl (C=O) groups excluding carboxylic acids is 1. The standard InChI is InChI=1S/C17H22N2O2/c1-21-16-6-5-15(17(18-13-20)7-4-8-17)11-14(16)12-19-9-2-3-10-19/h5-6,11H,2-4,7-10,12H2,1H3. The fourth-order valence-corrected chi connectivity index (χ4v) is 3.44. The summed E-state index contributed by atoms with van der Waals surface area (Å²) in [6.45, 7) is 3.23. The van der Waals surface area contributed by atoms with Gasteiger partial charge < -0.3 is 4.74 Å². The number of hydrogen-bond acceptors (Lipinski definition) is 4. The van der Waals surface area contributed by atoms with Gasteiger partial charge in [0, 0.05) is 12.1 Å². The van der Waals surface area contributed by atoms with E-state index in [1.54, 1.807) is 13.2 Å². The van der Waals surface area contributed by atoms with Crippen LogP contribution in [0, 0.1) is 0 Å². The molecule has 1 saturated heterocycles. The van der Waals surface area contributed by atoms with E-state index in [1.165, 1.54) is 18.4 Å². The molecule has 0 amide bonds. The van der Waals surface area contributed by atoms with Gasteiger partial charge in [0.2, 0.25) is 6.08 Å². The summed E-state index contributed by atoms with van der Waals surface area (Å²) in [4.78, 5) is 17.3. The quantitative estimate of drug-likeness (QED) is 0.617. The summed E-state index contributed by atoms with van der Waals surface area (Å²) in [5.41, 5.74) is 2.00. The van der Waals surface area contributed by atoms with Crippen molar-refractivity contribution in [2.75, 3.05) is 20.2 Å². The number of hydrogen-bond donors (Lipinski definition) is 0. The average Bonchev–Trinajstić information content (AvgIpc) is 2.96. The van der Waals surface area contributed by atoms with Crippen LogP contribution in [0.1, 0.15) is 43.2 Å². The first-order valence-corrected chi connectivity index (χ1v) is 7.76. The van der Waals surface area contributed by atoms with Crippen molar-refractivity contribution < 1.29 is 9.53 Å². The highest BCUT2D eigenvalue weighted by Crippen LogP contribution is 2.45. The van der Waals surface area contributed by atoms with E-state index in [2.05, 4.69) is 16.0 Å². The maximum Gasteiger partial charge on any atom is 0.235 e. The minimum absolute atomic E-state index is 0.326. The van der Waals surface area contributed by atoms with Gasteiger partial charge >= 0.3 is 0 Å². The largest absolute Gasteiger partial charge is 0.496 e. The zero-order valence-corrected chi connectivity index (χ0v) is 12.6. The number of methoxy groups -OCH3 is 1. The lowest BCUT2D eigenvalue weighted by Gasteiger charge is -2.37. The summed E-state index contributed by atoms with van der Waals surface area (Å²) in [7, 11) is 1.71. The lowest BCUT2D eigenvalue weighted by atomic mass is 9.72. The monoisotopic (exact) mass is 286 g/mol. The smallest absolute Gasteiger partial charge is 0.235 e. The molecular weight excluding hydrogens is 264 g/mol. The van der Waals surface area contributed by atoms with Crippen molar-refractivity contribution in [1.82, 2.24) is 4.90 Å². The minimum Gasteiger partial charge on any atom is -0.496 e. The highest BCUT2D eigenvalue weighted by Gasteiger charge is 2.39. The molecule has 0 radical (unpaired) electrons. The van der Waals surface area contributed by atoms with Gasteiger partial charge in [-0.1, -0.05) is 6.07 Å². The maximum atomic E-state index is 10.7. The molecular formula is C17H22N2O2. The number of likely N-dealkylation sites (tertiary alicyclic amines) is 1. The van der Waals surface area contributed by atoms with E-state index in [0.717, 1.165) is 50.2 Å². The van der Waals surface area contributed by atoms with Crippen molar-refractivity contribution in [2.45, 2.75) is 44.2 Å². The number of isocyanates is 1. The molecule has 0 N–H and O–H groups in total. The van der Waals surface area contributed by atoms with Crippen LogP contribution in [-0.2, 0) is 16.9 Å². The summed E-state index contributed by atoms with van der Waals surface area (Å²) in [5, 5.41) is 0. The molecule has 2 fully saturated rings. The Hall–Kier alpha value is -1.64. The molecule has 2 aliphatic rings. The van der Waals surface area contributed by atoms with E-state index in [0.29, 0.717) is 0 Å². The van der Waals surface area contributed by atoms with E-state index in [-0.39, 0.29) is 5.54 Å². The van der Waals surface area contributed by atoms with Crippen LogP contribution in [0.2, 0.25) is 0 Å². The first kappa shape index (κ1) is 14.3. The molecule has 112 valence electrons. The summed E-state index contributed by atoms with van der Waals surface area (Å²) in [6, 6.07) is 6.24. The van der Waals surface area contributed by atoms with Crippen LogP contribution in [0.25, 0.3) is 0 Å². The van der Waals surface area contributed by atoms with Crippen molar-refractivity contribution in [1.29, 1.82) is 0 Å². The molecule has 1 heterocycles. The molecule has 1 aliphatic carbocycles. The van der Waals surface area contributed by atoms with Crippen molar-refractivity contribution in [3.8, 4) is 5.75 Å². The molecule has 4 heteroatoms. The normalized spacial score (nSPS) is 20.6. The van der Waals surface area contributed by atoms with Crippen LogP contribution in [0.3, 0.4) is 0 Å². The maximum absolute atomic E-state index is 10.7. The van der Waals surface area contributed by atoms with Crippen LogP contribution in [0.4, 0.5) is 0 Å². The Kier molecular flexibility index (Phi) is 4.09. The van der Waals surface area contributed by atoms with Gasteiger partial charge in [0.05, 0.1) is 12.6 Å². The van der Waals surface area contributed by atoms with E-state index in [9.17, 15) is 4.79 Å². The number of benzene rings is 1. The predicted molar refractivity (Wildman–Crippen MR) is 81.2 cm³/mol. The highest BCUT2D eigenvalue weighted by atomic mass is 16.5. The second-order valence-corrected chi connectivity index (χ2v) is 6.10. The molecule has 21 heavy (non-hydrogen) atoms. The molecule has 1 aromatic rings. The van der Waals surface area contributed by atoms with Crippen LogP contribution in [0.15, 0.2) is 23.2 Å². The van der Waals surface area contributed by atoms with E-state index in [4.69, 9.17) is 4.74 Å². The van der Waals surface area contributed by atoms with Gasteiger partial charge in [-0.25, -0.2) is 4.79 Å². The van der Waals surface area contributed by atoms with Crippen molar-refractivity contribution in [2.24, 2.45) is 4.99 Å². The molecule has 1 aliphatic heterocycles. The molecule has 0 bridgehead atoms. The second kappa shape index (κ2) is 6.00. The summed E-state index contributed by atoms with van der Waals surface area (Å²) < 4.78 is 5.50. The number of nitrogens with zero attached hydrogens (tertiary/aromatic N) is 2. The Morgan fingerprint density at radius 1 is 1.29 bits per heavy atom. The van der Waals surface area contributed by atoms with Crippen LogP contribution < -0.4 is 4.74 Å². The summed E-state index contributed by atoms with van der Waals surface area (Å²) >= 11 is 0. The fraction of sp³-hybridized carbons (Fsp3) is 0.588. The van der Waals surface area contributed by atoms with Crippen LogP contribution >= 0.6 is 0 Å². The Balaban J connectivity index is 1.90. The Labute approximate surface area is 125 Å². The molecule has 3 rings (SSSR count). The Bertz CT molecular complexity index is 554. The third-order valence-corrected chi connectivity index (χ3v) is 4.85. The number of ether oxygens (including phenoxy) is 1. The predicted octanol–water partition coefficient (Wildman–Crippen LogP) is 3.01. The molecule has 1 saturated carbocycles. The molecule has 1 aromatic carbocycles. The van der Waals surface area contributed by atoms with Crippen molar-refractivity contribution in [3.05, 3.63) is 29.3 Å². The lowest BCUT2D eigenvalue weighted by Crippen LogP contribution is -2.32. The molecule has 0 atom stereocenters. The van der Waals surface area contributed by atoms with E-state index in [1.807, 2.05) is 12.1 Å². The lowest BCUT2D eigenvalue weighted by molar-refractivity contribution is 0.254. The molecule has 0 aromatic heterocycles.